The van der Waals surface area contributed by atoms with E-state index in [9.17, 15) is 4.79 Å². The molecule has 6 nitrogen and oxygen atoms in total. The Labute approximate surface area is 140 Å². The smallest absolute Gasteiger partial charge is 0.234 e. The highest BCUT2D eigenvalue weighted by molar-refractivity contribution is 7.17. The first-order valence-corrected chi connectivity index (χ1v) is 9.00. The van der Waals surface area contributed by atoms with Crippen molar-refractivity contribution >= 4 is 33.3 Å². The van der Waals surface area contributed by atoms with Crippen LogP contribution in [-0.2, 0) is 4.79 Å². The van der Waals surface area contributed by atoms with Crippen molar-refractivity contribution in [3.8, 4) is 0 Å². The summed E-state index contributed by atoms with van der Waals surface area (Å²) >= 11 is 1.68. The van der Waals surface area contributed by atoms with Crippen LogP contribution >= 0.6 is 11.3 Å². The zero-order valence-corrected chi connectivity index (χ0v) is 14.5. The number of amides is 1. The molecule has 0 radical (unpaired) electrons. The quantitative estimate of drug-likeness (QED) is 0.903. The first-order valence-electron chi connectivity index (χ1n) is 8.12. The molecule has 0 bridgehead atoms. The van der Waals surface area contributed by atoms with Crippen molar-refractivity contribution in [3.05, 3.63) is 17.8 Å². The van der Waals surface area contributed by atoms with E-state index < -0.39 is 0 Å². The Morgan fingerprint density at radius 3 is 2.87 bits per heavy atom. The van der Waals surface area contributed by atoms with Gasteiger partial charge in [0.1, 0.15) is 12.1 Å². The number of carbonyl (C=O) groups is 1. The number of anilines is 1. The van der Waals surface area contributed by atoms with Crippen LogP contribution in [0.15, 0.2) is 17.8 Å². The molecule has 0 unspecified atom stereocenters. The molecule has 7 heteroatoms. The molecule has 1 atom stereocenters. The highest BCUT2D eigenvalue weighted by Gasteiger charge is 2.22. The topological polar surface area (TPSA) is 61.4 Å². The number of hydrogen-bond acceptors (Lipinski definition) is 6. The van der Waals surface area contributed by atoms with Crippen molar-refractivity contribution in [1.82, 2.24) is 20.2 Å². The molecule has 1 N–H and O–H groups in total. The molecule has 3 heterocycles. The fourth-order valence-corrected chi connectivity index (χ4v) is 3.61. The third-order valence-corrected chi connectivity index (χ3v) is 5.18. The molecule has 0 saturated carbocycles. The Morgan fingerprint density at radius 2 is 2.13 bits per heavy atom. The van der Waals surface area contributed by atoms with E-state index in [2.05, 4.69) is 37.4 Å². The summed E-state index contributed by atoms with van der Waals surface area (Å²) in [6, 6.07) is 2.28. The first-order chi connectivity index (χ1) is 11.2. The maximum absolute atomic E-state index is 12.0. The standard InChI is InChI=1S/C16H23N5OS/c1-3-12(2)19-14(22)10-20-5-7-21(8-6-20)16-15-13(4-9-23-15)17-11-18-16/h4,9,11-12H,3,5-8,10H2,1-2H3,(H,19,22)/t12-/m1/s1. The lowest BCUT2D eigenvalue weighted by Crippen LogP contribution is -2.50. The number of hydrogen-bond donors (Lipinski definition) is 1. The molecule has 0 spiro atoms. The van der Waals surface area contributed by atoms with Gasteiger partial charge in [0.25, 0.3) is 0 Å². The second-order valence-corrected chi connectivity index (χ2v) is 6.89. The Kier molecular flexibility index (Phi) is 5.07. The highest BCUT2D eigenvalue weighted by Crippen LogP contribution is 2.28. The molecule has 1 fully saturated rings. The third-order valence-electron chi connectivity index (χ3n) is 4.28. The van der Waals surface area contributed by atoms with Crippen LogP contribution in [0.25, 0.3) is 10.2 Å². The maximum Gasteiger partial charge on any atom is 0.234 e. The lowest BCUT2D eigenvalue weighted by molar-refractivity contribution is -0.122. The Balaban J connectivity index is 1.56. The van der Waals surface area contributed by atoms with Crippen LogP contribution in [0.1, 0.15) is 20.3 Å². The number of fused-ring (bicyclic) bond motifs is 1. The van der Waals surface area contributed by atoms with E-state index >= 15 is 0 Å². The minimum Gasteiger partial charge on any atom is -0.353 e. The van der Waals surface area contributed by atoms with Gasteiger partial charge in [-0.1, -0.05) is 6.92 Å². The van der Waals surface area contributed by atoms with E-state index in [4.69, 9.17) is 0 Å². The fourth-order valence-electron chi connectivity index (χ4n) is 2.74. The lowest BCUT2D eigenvalue weighted by Gasteiger charge is -2.35. The summed E-state index contributed by atoms with van der Waals surface area (Å²) in [6.07, 6.45) is 2.60. The first kappa shape index (κ1) is 16.1. The number of carbonyl (C=O) groups excluding carboxylic acids is 1. The van der Waals surface area contributed by atoms with E-state index in [1.54, 1.807) is 17.7 Å². The Hall–Kier alpha value is -1.73. The van der Waals surface area contributed by atoms with Gasteiger partial charge in [-0.3, -0.25) is 9.69 Å². The van der Waals surface area contributed by atoms with E-state index in [1.807, 2.05) is 13.0 Å². The van der Waals surface area contributed by atoms with Gasteiger partial charge in [-0.25, -0.2) is 9.97 Å². The number of aromatic nitrogens is 2. The van der Waals surface area contributed by atoms with Gasteiger partial charge in [-0.15, -0.1) is 11.3 Å². The Bertz CT molecular complexity index is 665. The number of piperazine rings is 1. The summed E-state index contributed by atoms with van der Waals surface area (Å²) in [4.78, 5) is 25.3. The van der Waals surface area contributed by atoms with Gasteiger partial charge >= 0.3 is 0 Å². The molecule has 0 aromatic carbocycles. The van der Waals surface area contributed by atoms with Crippen molar-refractivity contribution in [2.45, 2.75) is 26.3 Å². The van der Waals surface area contributed by atoms with Crippen LogP contribution < -0.4 is 10.2 Å². The molecule has 124 valence electrons. The second-order valence-electron chi connectivity index (χ2n) is 5.97. The Morgan fingerprint density at radius 1 is 1.35 bits per heavy atom. The average molecular weight is 333 g/mol. The van der Waals surface area contributed by atoms with E-state index in [0.717, 1.165) is 48.6 Å². The minimum atomic E-state index is 0.121. The average Bonchev–Trinajstić information content (AvgIpc) is 3.04. The van der Waals surface area contributed by atoms with Crippen LogP contribution in [0.3, 0.4) is 0 Å². The van der Waals surface area contributed by atoms with Gasteiger partial charge in [0.05, 0.1) is 16.8 Å². The van der Waals surface area contributed by atoms with Crippen molar-refractivity contribution in [2.24, 2.45) is 0 Å². The number of rotatable bonds is 5. The van der Waals surface area contributed by atoms with Gasteiger partial charge < -0.3 is 10.2 Å². The SMILES string of the molecule is CC[C@@H](C)NC(=O)CN1CCN(c2ncnc3ccsc23)CC1. The largest absolute Gasteiger partial charge is 0.353 e. The molecule has 1 aliphatic heterocycles. The fraction of sp³-hybridized carbons (Fsp3) is 0.562. The van der Waals surface area contributed by atoms with Crippen LogP contribution in [0.2, 0.25) is 0 Å². The van der Waals surface area contributed by atoms with E-state index in [1.165, 1.54) is 0 Å². The number of nitrogens with zero attached hydrogens (tertiary/aromatic N) is 4. The predicted molar refractivity (Wildman–Crippen MR) is 94.0 cm³/mol. The summed E-state index contributed by atoms with van der Waals surface area (Å²) in [7, 11) is 0. The van der Waals surface area contributed by atoms with Crippen LogP contribution in [0.4, 0.5) is 5.82 Å². The molecular weight excluding hydrogens is 310 g/mol. The maximum atomic E-state index is 12.0. The zero-order chi connectivity index (χ0) is 16.2. The molecule has 1 amide bonds. The van der Waals surface area contributed by atoms with Crippen LogP contribution in [0, 0.1) is 0 Å². The molecule has 2 aromatic heterocycles. The van der Waals surface area contributed by atoms with Gasteiger partial charge in [-0.2, -0.15) is 0 Å². The monoisotopic (exact) mass is 333 g/mol. The molecule has 1 aliphatic rings. The van der Waals surface area contributed by atoms with Gasteiger partial charge in [-0.05, 0) is 24.8 Å². The molecular formula is C16H23N5OS. The highest BCUT2D eigenvalue weighted by atomic mass is 32.1. The summed E-state index contributed by atoms with van der Waals surface area (Å²) < 4.78 is 1.15. The van der Waals surface area contributed by atoms with Gasteiger partial charge in [0, 0.05) is 32.2 Å². The third kappa shape index (κ3) is 3.79. The predicted octanol–water partition coefficient (Wildman–Crippen LogP) is 1.73. The van der Waals surface area contributed by atoms with Crippen molar-refractivity contribution in [1.29, 1.82) is 0 Å². The minimum absolute atomic E-state index is 0.121. The molecule has 1 saturated heterocycles. The molecule has 2 aromatic rings. The van der Waals surface area contributed by atoms with Crippen LogP contribution in [-0.4, -0.2) is 59.5 Å². The second kappa shape index (κ2) is 7.23. The normalized spacial score (nSPS) is 17.4. The molecule has 23 heavy (non-hydrogen) atoms. The summed E-state index contributed by atoms with van der Waals surface area (Å²) in [5.41, 5.74) is 1.01. The molecule has 0 aliphatic carbocycles. The summed E-state index contributed by atoms with van der Waals surface area (Å²) in [5.74, 6) is 1.14. The number of nitrogens with one attached hydrogen (secondary N) is 1. The lowest BCUT2D eigenvalue weighted by atomic mass is 10.2. The number of thiophene rings is 1. The zero-order valence-electron chi connectivity index (χ0n) is 13.7. The summed E-state index contributed by atoms with van der Waals surface area (Å²) in [6.45, 7) is 8.14. The van der Waals surface area contributed by atoms with E-state index in [-0.39, 0.29) is 11.9 Å². The van der Waals surface area contributed by atoms with Crippen molar-refractivity contribution < 1.29 is 4.79 Å². The van der Waals surface area contributed by atoms with Gasteiger partial charge in [0.2, 0.25) is 5.91 Å². The van der Waals surface area contributed by atoms with E-state index in [0.29, 0.717) is 6.54 Å². The molecule has 3 rings (SSSR count). The summed E-state index contributed by atoms with van der Waals surface area (Å²) in [5, 5.41) is 5.08. The van der Waals surface area contributed by atoms with Crippen molar-refractivity contribution in [2.75, 3.05) is 37.6 Å². The van der Waals surface area contributed by atoms with Crippen LogP contribution in [0.5, 0.6) is 0 Å². The van der Waals surface area contributed by atoms with Crippen molar-refractivity contribution in [3.63, 3.8) is 0 Å². The van der Waals surface area contributed by atoms with Gasteiger partial charge in [0.15, 0.2) is 0 Å².